The lowest BCUT2D eigenvalue weighted by Gasteiger charge is -2.24. The lowest BCUT2D eigenvalue weighted by Crippen LogP contribution is -2.45. The largest absolute Gasteiger partial charge is 0.358 e. The van der Waals surface area contributed by atoms with Crippen molar-refractivity contribution in [3.05, 3.63) is 27.6 Å². The summed E-state index contributed by atoms with van der Waals surface area (Å²) in [5, 5.41) is 4.55. The quantitative estimate of drug-likeness (QED) is 0.835. The first-order valence-electron chi connectivity index (χ1n) is 8.21. The molecule has 2 fully saturated rings. The van der Waals surface area contributed by atoms with Gasteiger partial charge in [-0.1, -0.05) is 13.3 Å². The number of fused-ring (bicyclic) bond motifs is 3. The highest BCUT2D eigenvalue weighted by atomic mass is 32.1. The molecule has 2 aromatic heterocycles. The highest BCUT2D eigenvalue weighted by molar-refractivity contribution is 7.80. The summed E-state index contributed by atoms with van der Waals surface area (Å²) in [6.45, 7) is 2.08. The Morgan fingerprint density at radius 2 is 2.35 bits per heavy atom. The molecule has 3 atom stereocenters. The fraction of sp³-hybridized carbons (Fsp3) is 0.562. The van der Waals surface area contributed by atoms with E-state index in [1.54, 1.807) is 11.3 Å². The van der Waals surface area contributed by atoms with Gasteiger partial charge in [0, 0.05) is 10.9 Å². The molecule has 2 N–H and O–H groups in total. The molecule has 2 aliphatic rings. The zero-order valence-corrected chi connectivity index (χ0v) is 14.7. The van der Waals surface area contributed by atoms with Crippen molar-refractivity contribution in [2.75, 3.05) is 5.43 Å². The minimum Gasteiger partial charge on any atom is -0.358 e. The number of thiophene rings is 1. The van der Waals surface area contributed by atoms with Crippen molar-refractivity contribution in [2.24, 2.45) is 11.8 Å². The van der Waals surface area contributed by atoms with Gasteiger partial charge in [-0.25, -0.2) is 9.66 Å². The average Bonchev–Trinajstić information content (AvgIpc) is 3.24. The van der Waals surface area contributed by atoms with E-state index in [0.29, 0.717) is 16.5 Å². The maximum Gasteiger partial charge on any atom is 0.280 e. The topological polar surface area (TPSA) is 59.0 Å². The van der Waals surface area contributed by atoms with E-state index in [1.165, 1.54) is 41.6 Å². The Morgan fingerprint density at radius 1 is 1.48 bits per heavy atom. The number of hydrogen-bond acceptors (Lipinski definition) is 4. The van der Waals surface area contributed by atoms with E-state index in [0.717, 1.165) is 23.1 Å². The van der Waals surface area contributed by atoms with E-state index in [-0.39, 0.29) is 5.56 Å². The monoisotopic (exact) mass is 348 g/mol. The van der Waals surface area contributed by atoms with Crippen molar-refractivity contribution in [1.82, 2.24) is 15.0 Å². The molecular formula is C16H20N4OS2. The molecular weight excluding hydrogens is 328 g/mol. The van der Waals surface area contributed by atoms with Crippen LogP contribution in [0.25, 0.3) is 10.2 Å². The third-order valence-corrected chi connectivity index (χ3v) is 6.52. The molecule has 4 rings (SSSR count). The van der Waals surface area contributed by atoms with Crippen molar-refractivity contribution in [2.45, 2.75) is 45.1 Å². The number of rotatable bonds is 3. The number of aromatic nitrogens is 2. The molecule has 0 aliphatic heterocycles. The fourth-order valence-electron chi connectivity index (χ4n) is 3.96. The molecule has 0 saturated heterocycles. The molecule has 0 aromatic carbocycles. The predicted octanol–water partition coefficient (Wildman–Crippen LogP) is 2.63. The summed E-state index contributed by atoms with van der Waals surface area (Å²) in [6, 6.07) is 2.38. The standard InChI is InChI=1S/C16H20N4OS2/c1-2-11-7-12-14(23-11)17-8-20(15(12)21)19-16(22)18-13-6-9-3-4-10(13)5-9/h7-10,13H,2-6H2,1H3,(H2,18,19,22)/t9-,10+,13-/m0/s1. The molecule has 2 bridgehead atoms. The van der Waals surface area contributed by atoms with Gasteiger partial charge >= 0.3 is 0 Å². The number of aryl methyl sites for hydroxylation is 1. The van der Waals surface area contributed by atoms with Crippen LogP contribution in [0.5, 0.6) is 0 Å². The zero-order chi connectivity index (χ0) is 16.0. The third kappa shape index (κ3) is 2.76. The van der Waals surface area contributed by atoms with E-state index >= 15 is 0 Å². The molecule has 2 aliphatic carbocycles. The summed E-state index contributed by atoms with van der Waals surface area (Å²) in [6.07, 6.45) is 7.62. The van der Waals surface area contributed by atoms with Crippen molar-refractivity contribution in [3.63, 3.8) is 0 Å². The van der Waals surface area contributed by atoms with Gasteiger partial charge in [0.25, 0.3) is 5.56 Å². The molecule has 2 saturated carbocycles. The van der Waals surface area contributed by atoms with Crippen LogP contribution < -0.4 is 16.3 Å². The first-order chi connectivity index (χ1) is 11.1. The van der Waals surface area contributed by atoms with Crippen LogP contribution in [0.1, 0.15) is 37.5 Å². The molecule has 0 radical (unpaired) electrons. The van der Waals surface area contributed by atoms with Crippen LogP contribution in [0.2, 0.25) is 0 Å². The van der Waals surface area contributed by atoms with E-state index in [9.17, 15) is 4.79 Å². The summed E-state index contributed by atoms with van der Waals surface area (Å²) in [4.78, 5) is 18.9. The van der Waals surface area contributed by atoms with Crippen molar-refractivity contribution in [1.29, 1.82) is 0 Å². The zero-order valence-electron chi connectivity index (χ0n) is 13.0. The van der Waals surface area contributed by atoms with Gasteiger partial charge in [-0.05, 0) is 55.8 Å². The average molecular weight is 348 g/mol. The first kappa shape index (κ1) is 15.1. The Labute approximate surface area is 144 Å². The Bertz CT molecular complexity index is 812. The lowest BCUT2D eigenvalue weighted by atomic mass is 9.96. The first-order valence-corrected chi connectivity index (χ1v) is 9.44. The Balaban J connectivity index is 1.49. The van der Waals surface area contributed by atoms with Crippen LogP contribution >= 0.6 is 23.6 Å². The number of hydrogen-bond donors (Lipinski definition) is 2. The molecule has 0 unspecified atom stereocenters. The van der Waals surface area contributed by atoms with Gasteiger partial charge in [0.15, 0.2) is 5.11 Å². The van der Waals surface area contributed by atoms with Gasteiger partial charge < -0.3 is 5.32 Å². The highest BCUT2D eigenvalue weighted by Crippen LogP contribution is 2.44. The van der Waals surface area contributed by atoms with Crippen LogP contribution in [0.15, 0.2) is 17.2 Å². The Morgan fingerprint density at radius 3 is 3.04 bits per heavy atom. The van der Waals surface area contributed by atoms with Gasteiger partial charge in [0.05, 0.1) is 5.39 Å². The van der Waals surface area contributed by atoms with Gasteiger partial charge in [0.1, 0.15) is 11.2 Å². The molecule has 0 spiro atoms. The van der Waals surface area contributed by atoms with Crippen LogP contribution in [0.3, 0.4) is 0 Å². The van der Waals surface area contributed by atoms with E-state index < -0.39 is 0 Å². The SMILES string of the molecule is CCc1cc2c(=O)n(NC(=S)N[C@H]3C[C@H]4CC[C@@H]3C4)cnc2s1. The molecule has 122 valence electrons. The molecule has 2 aromatic rings. The summed E-state index contributed by atoms with van der Waals surface area (Å²) >= 11 is 6.96. The fourth-order valence-corrected chi connectivity index (χ4v) is 5.13. The normalized spacial score (nSPS) is 25.9. The van der Waals surface area contributed by atoms with Crippen LogP contribution in [-0.2, 0) is 6.42 Å². The highest BCUT2D eigenvalue weighted by Gasteiger charge is 2.39. The molecule has 7 heteroatoms. The third-order valence-electron chi connectivity index (χ3n) is 5.13. The summed E-state index contributed by atoms with van der Waals surface area (Å²) < 4.78 is 1.39. The van der Waals surface area contributed by atoms with Crippen molar-refractivity contribution < 1.29 is 0 Å². The van der Waals surface area contributed by atoms with Crippen LogP contribution in [-0.4, -0.2) is 20.8 Å². The smallest absolute Gasteiger partial charge is 0.280 e. The van der Waals surface area contributed by atoms with Crippen LogP contribution in [0.4, 0.5) is 0 Å². The number of nitrogens with zero attached hydrogens (tertiary/aromatic N) is 2. The van der Waals surface area contributed by atoms with E-state index in [4.69, 9.17) is 12.2 Å². The summed E-state index contributed by atoms with van der Waals surface area (Å²) in [5.74, 6) is 1.60. The second kappa shape index (κ2) is 5.87. The molecule has 23 heavy (non-hydrogen) atoms. The number of thiocarbonyl (C=S) groups is 1. The maximum absolute atomic E-state index is 12.5. The van der Waals surface area contributed by atoms with Gasteiger partial charge in [-0.15, -0.1) is 11.3 Å². The molecule has 5 nitrogen and oxygen atoms in total. The van der Waals surface area contributed by atoms with Crippen molar-refractivity contribution in [3.8, 4) is 0 Å². The van der Waals surface area contributed by atoms with Gasteiger partial charge in [-0.2, -0.15) is 0 Å². The number of nitrogens with one attached hydrogen (secondary N) is 2. The maximum atomic E-state index is 12.5. The minimum absolute atomic E-state index is 0.0944. The molecule has 0 amide bonds. The van der Waals surface area contributed by atoms with E-state index in [2.05, 4.69) is 22.7 Å². The second-order valence-electron chi connectivity index (χ2n) is 6.57. The lowest BCUT2D eigenvalue weighted by molar-refractivity contribution is 0.391. The van der Waals surface area contributed by atoms with Crippen molar-refractivity contribution >= 4 is 38.9 Å². The summed E-state index contributed by atoms with van der Waals surface area (Å²) in [5.41, 5.74) is 2.89. The Kier molecular flexibility index (Phi) is 3.85. The van der Waals surface area contributed by atoms with Crippen LogP contribution in [0, 0.1) is 11.8 Å². The predicted molar refractivity (Wildman–Crippen MR) is 97.6 cm³/mol. The second-order valence-corrected chi connectivity index (χ2v) is 8.09. The molecule has 2 heterocycles. The van der Waals surface area contributed by atoms with E-state index in [1.807, 2.05) is 6.07 Å². The Hall–Kier alpha value is -1.47. The van der Waals surface area contributed by atoms with Gasteiger partial charge in [0.2, 0.25) is 0 Å². The minimum atomic E-state index is -0.0944. The van der Waals surface area contributed by atoms with Gasteiger partial charge in [-0.3, -0.25) is 10.2 Å². The summed E-state index contributed by atoms with van der Waals surface area (Å²) in [7, 11) is 0.